The zero-order valence-corrected chi connectivity index (χ0v) is 15.7. The molecule has 1 fully saturated rings. The fraction of sp³-hybridized carbons (Fsp3) is 0.556. The molecular weight excluding hydrogens is 334 g/mol. The van der Waals surface area contributed by atoms with Crippen LogP contribution in [0.25, 0.3) is 0 Å². The van der Waals surface area contributed by atoms with E-state index in [4.69, 9.17) is 4.52 Å². The molecule has 0 aromatic carbocycles. The second-order valence-electron chi connectivity index (χ2n) is 7.14. The van der Waals surface area contributed by atoms with Crippen LogP contribution in [0.2, 0.25) is 0 Å². The summed E-state index contributed by atoms with van der Waals surface area (Å²) < 4.78 is 5.11. The van der Waals surface area contributed by atoms with Gasteiger partial charge in [0.15, 0.2) is 0 Å². The number of aryl methyl sites for hydroxylation is 3. The van der Waals surface area contributed by atoms with Gasteiger partial charge in [0.25, 0.3) is 0 Å². The number of hydrogen-bond donors (Lipinski definition) is 1. The lowest BCUT2D eigenvalue weighted by Crippen LogP contribution is -2.46. The van der Waals surface area contributed by atoms with Crippen LogP contribution in [0.3, 0.4) is 0 Å². The van der Waals surface area contributed by atoms with Crippen molar-refractivity contribution in [1.82, 2.24) is 20.0 Å². The van der Waals surface area contributed by atoms with E-state index in [-0.39, 0.29) is 18.9 Å². The Kier molecular flexibility index (Phi) is 4.95. The summed E-state index contributed by atoms with van der Waals surface area (Å²) in [6.45, 7) is 6.94. The first-order chi connectivity index (χ1) is 12.3. The van der Waals surface area contributed by atoms with E-state index in [1.807, 2.05) is 24.8 Å². The molecule has 2 aromatic heterocycles. The van der Waals surface area contributed by atoms with Gasteiger partial charge in [0, 0.05) is 37.5 Å². The van der Waals surface area contributed by atoms with Gasteiger partial charge in [-0.05, 0) is 27.2 Å². The summed E-state index contributed by atoms with van der Waals surface area (Å²) in [5, 5.41) is 14.8. The summed E-state index contributed by atoms with van der Waals surface area (Å²) in [6, 6.07) is 1.90. The van der Waals surface area contributed by atoms with Crippen molar-refractivity contribution < 1.29 is 14.4 Å². The minimum atomic E-state index is -0.956. The molecule has 3 heterocycles. The normalized spacial score (nSPS) is 19.8. The first-order valence-electron chi connectivity index (χ1n) is 8.69. The summed E-state index contributed by atoms with van der Waals surface area (Å²) in [5.41, 5.74) is 1.48. The number of aliphatic hydroxyl groups is 1. The van der Waals surface area contributed by atoms with Gasteiger partial charge in [-0.25, -0.2) is 9.97 Å². The lowest BCUT2D eigenvalue weighted by molar-refractivity contribution is -0.132. The SMILES string of the molecule is Cc1cc(N2CCC(O)(CN(C)C(=O)Cc3c(C)noc3C)C2)ncn1. The molecule has 3 rings (SSSR count). The number of nitrogens with zero attached hydrogens (tertiary/aromatic N) is 5. The first-order valence-corrected chi connectivity index (χ1v) is 8.69. The highest BCUT2D eigenvalue weighted by Crippen LogP contribution is 2.26. The maximum Gasteiger partial charge on any atom is 0.227 e. The van der Waals surface area contributed by atoms with Crippen LogP contribution in [0.15, 0.2) is 16.9 Å². The molecule has 1 atom stereocenters. The fourth-order valence-corrected chi connectivity index (χ4v) is 3.36. The van der Waals surface area contributed by atoms with Crippen LogP contribution in [-0.4, -0.2) is 63.3 Å². The molecule has 1 amide bonds. The van der Waals surface area contributed by atoms with Crippen molar-refractivity contribution in [2.24, 2.45) is 0 Å². The predicted octanol–water partition coefficient (Wildman–Crippen LogP) is 1.03. The summed E-state index contributed by atoms with van der Waals surface area (Å²) in [4.78, 5) is 24.5. The minimum absolute atomic E-state index is 0.0656. The van der Waals surface area contributed by atoms with Crippen molar-refractivity contribution in [2.75, 3.05) is 31.6 Å². The number of carbonyl (C=O) groups excluding carboxylic acids is 1. The lowest BCUT2D eigenvalue weighted by Gasteiger charge is -2.29. The average Bonchev–Trinajstić information content (AvgIpc) is 3.12. The Morgan fingerprint density at radius 2 is 2.15 bits per heavy atom. The molecule has 2 aromatic rings. The van der Waals surface area contributed by atoms with Crippen LogP contribution >= 0.6 is 0 Å². The molecule has 26 heavy (non-hydrogen) atoms. The zero-order valence-electron chi connectivity index (χ0n) is 15.7. The molecule has 0 bridgehead atoms. The summed E-state index contributed by atoms with van der Waals surface area (Å²) in [7, 11) is 1.72. The topological polar surface area (TPSA) is 95.6 Å². The smallest absolute Gasteiger partial charge is 0.227 e. The molecule has 0 spiro atoms. The number of β-amino-alcohol motifs (C(OH)–C–C–N with tert-alkyl or cyclic N) is 1. The molecule has 0 radical (unpaired) electrons. The third-order valence-corrected chi connectivity index (χ3v) is 4.91. The van der Waals surface area contributed by atoms with Gasteiger partial charge in [0.05, 0.1) is 18.7 Å². The number of rotatable bonds is 5. The van der Waals surface area contributed by atoms with E-state index in [1.165, 1.54) is 6.33 Å². The van der Waals surface area contributed by atoms with Gasteiger partial charge in [-0.15, -0.1) is 0 Å². The Labute approximate surface area is 152 Å². The van der Waals surface area contributed by atoms with Gasteiger partial charge >= 0.3 is 0 Å². The summed E-state index contributed by atoms with van der Waals surface area (Å²) in [5.74, 6) is 1.40. The summed E-state index contributed by atoms with van der Waals surface area (Å²) >= 11 is 0. The minimum Gasteiger partial charge on any atom is -0.386 e. The molecule has 0 saturated carbocycles. The van der Waals surface area contributed by atoms with Gasteiger partial charge < -0.3 is 19.4 Å². The van der Waals surface area contributed by atoms with E-state index >= 15 is 0 Å². The van der Waals surface area contributed by atoms with Gasteiger partial charge in [-0.3, -0.25) is 4.79 Å². The number of amides is 1. The van der Waals surface area contributed by atoms with Gasteiger partial charge in [0.2, 0.25) is 5.91 Å². The highest BCUT2D eigenvalue weighted by molar-refractivity contribution is 5.79. The summed E-state index contributed by atoms with van der Waals surface area (Å²) in [6.07, 6.45) is 2.34. The number of aromatic nitrogens is 3. The van der Waals surface area contributed by atoms with E-state index < -0.39 is 5.60 Å². The molecule has 140 valence electrons. The molecule has 1 N–H and O–H groups in total. The van der Waals surface area contributed by atoms with Crippen LogP contribution in [-0.2, 0) is 11.2 Å². The fourth-order valence-electron chi connectivity index (χ4n) is 3.36. The van der Waals surface area contributed by atoms with Gasteiger partial charge in [-0.2, -0.15) is 0 Å². The standard InChI is InChI=1S/C18H25N5O3/c1-12-7-16(20-11-19-12)23-6-5-18(25,10-23)9-22(4)17(24)8-15-13(2)21-26-14(15)3/h7,11,25H,5-6,8-10H2,1-4H3. The maximum atomic E-state index is 12.6. The van der Waals surface area contributed by atoms with Crippen molar-refractivity contribution in [2.45, 2.75) is 39.2 Å². The van der Waals surface area contributed by atoms with E-state index in [1.54, 1.807) is 18.9 Å². The molecule has 1 aliphatic rings. The molecule has 8 nitrogen and oxygen atoms in total. The molecule has 0 aliphatic carbocycles. The molecule has 1 unspecified atom stereocenters. The predicted molar refractivity (Wildman–Crippen MR) is 95.9 cm³/mol. The Morgan fingerprint density at radius 3 is 2.81 bits per heavy atom. The van der Waals surface area contributed by atoms with Crippen molar-refractivity contribution >= 4 is 11.7 Å². The van der Waals surface area contributed by atoms with Crippen LogP contribution in [0, 0.1) is 20.8 Å². The molecule has 1 aliphatic heterocycles. The maximum absolute atomic E-state index is 12.6. The second-order valence-corrected chi connectivity index (χ2v) is 7.14. The third kappa shape index (κ3) is 3.85. The average molecular weight is 359 g/mol. The van der Waals surface area contributed by atoms with Gasteiger partial charge in [0.1, 0.15) is 23.5 Å². The monoisotopic (exact) mass is 359 g/mol. The van der Waals surface area contributed by atoms with Crippen LogP contribution in [0.5, 0.6) is 0 Å². The van der Waals surface area contributed by atoms with Crippen molar-refractivity contribution in [3.05, 3.63) is 35.1 Å². The third-order valence-electron chi connectivity index (χ3n) is 4.91. The number of hydrogen-bond acceptors (Lipinski definition) is 7. The van der Waals surface area contributed by atoms with Crippen molar-refractivity contribution in [3.63, 3.8) is 0 Å². The van der Waals surface area contributed by atoms with E-state index in [2.05, 4.69) is 15.1 Å². The quantitative estimate of drug-likeness (QED) is 0.852. The molecule has 1 saturated heterocycles. The number of likely N-dealkylation sites (N-methyl/N-ethyl adjacent to an activating group) is 1. The van der Waals surface area contributed by atoms with Crippen LogP contribution in [0.4, 0.5) is 5.82 Å². The second kappa shape index (κ2) is 7.03. The Balaban J connectivity index is 1.62. The zero-order chi connectivity index (χ0) is 18.9. The van der Waals surface area contributed by atoms with Crippen molar-refractivity contribution in [3.8, 4) is 0 Å². The largest absolute Gasteiger partial charge is 0.386 e. The van der Waals surface area contributed by atoms with E-state index in [0.717, 1.165) is 22.8 Å². The number of anilines is 1. The van der Waals surface area contributed by atoms with E-state index in [0.29, 0.717) is 25.3 Å². The number of carbonyl (C=O) groups is 1. The van der Waals surface area contributed by atoms with Crippen LogP contribution < -0.4 is 4.90 Å². The Morgan fingerprint density at radius 1 is 1.38 bits per heavy atom. The van der Waals surface area contributed by atoms with Crippen LogP contribution in [0.1, 0.15) is 29.1 Å². The Bertz CT molecular complexity index is 786. The van der Waals surface area contributed by atoms with Gasteiger partial charge in [-0.1, -0.05) is 5.16 Å². The van der Waals surface area contributed by atoms with E-state index in [9.17, 15) is 9.90 Å². The molecular formula is C18H25N5O3. The molecule has 8 heteroatoms. The lowest BCUT2D eigenvalue weighted by atomic mass is 10.0. The highest BCUT2D eigenvalue weighted by Gasteiger charge is 2.38. The first kappa shape index (κ1) is 18.3. The Hall–Kier alpha value is -2.48. The highest BCUT2D eigenvalue weighted by atomic mass is 16.5. The van der Waals surface area contributed by atoms with Crippen molar-refractivity contribution in [1.29, 1.82) is 0 Å².